The first-order chi connectivity index (χ1) is 16.8. The van der Waals surface area contributed by atoms with Crippen LogP contribution in [0.5, 0.6) is 0 Å². The van der Waals surface area contributed by atoms with E-state index in [0.29, 0.717) is 22.4 Å². The predicted octanol–water partition coefficient (Wildman–Crippen LogP) is 2.77. The number of hydrogen-bond acceptors (Lipinski definition) is 9. The van der Waals surface area contributed by atoms with Crippen molar-refractivity contribution in [3.05, 3.63) is 60.6 Å². The van der Waals surface area contributed by atoms with Crippen LogP contribution in [0.25, 0.3) is 22.3 Å². The second-order valence-electron chi connectivity index (χ2n) is 8.84. The molecule has 0 spiro atoms. The maximum absolute atomic E-state index is 13.9. The van der Waals surface area contributed by atoms with Crippen LogP contribution in [-0.2, 0) is 0 Å². The van der Waals surface area contributed by atoms with Gasteiger partial charge in [0.05, 0.1) is 17.4 Å². The number of amides is 1. The van der Waals surface area contributed by atoms with Crippen LogP contribution in [0.4, 0.5) is 21.7 Å². The molecule has 1 aromatic carbocycles. The molecule has 1 aliphatic heterocycles. The number of nitrogen functional groups attached to an aromatic ring is 1. The minimum absolute atomic E-state index is 0.0508. The van der Waals surface area contributed by atoms with Gasteiger partial charge in [-0.15, -0.1) is 0 Å². The van der Waals surface area contributed by atoms with Crippen LogP contribution < -0.4 is 21.7 Å². The Bertz CT molecular complexity index is 1420. The standard InChI is InChI=1S/C24H24FN9O/c1-24(27)6-9-34(10-7-24)18-3-2-8-28-22(18)33-23(35)20-21(26)29-12-17(32-20)19-15-11-14(25)4-5-16(15)30-13-31-19/h2-5,8,11-13H,6-7,9-10,27H2,1H3,(H2,26,29)(H,28,33,35). The molecule has 0 bridgehead atoms. The zero-order valence-electron chi connectivity index (χ0n) is 19.1. The molecule has 35 heavy (non-hydrogen) atoms. The lowest BCUT2D eigenvalue weighted by Crippen LogP contribution is -2.48. The summed E-state index contributed by atoms with van der Waals surface area (Å²) in [5.74, 6) is -0.670. The predicted molar refractivity (Wildman–Crippen MR) is 131 cm³/mol. The fraction of sp³-hybridized carbons (Fsp3) is 0.250. The van der Waals surface area contributed by atoms with Gasteiger partial charge in [-0.25, -0.2) is 29.3 Å². The van der Waals surface area contributed by atoms with Gasteiger partial charge < -0.3 is 21.7 Å². The molecule has 0 atom stereocenters. The third kappa shape index (κ3) is 4.58. The Morgan fingerprint density at radius 3 is 2.74 bits per heavy atom. The van der Waals surface area contributed by atoms with Crippen molar-refractivity contribution in [2.75, 3.05) is 29.0 Å². The molecule has 10 nitrogen and oxygen atoms in total. The number of carbonyl (C=O) groups is 1. The highest BCUT2D eigenvalue weighted by molar-refractivity contribution is 6.07. The van der Waals surface area contributed by atoms with E-state index in [1.807, 2.05) is 19.1 Å². The van der Waals surface area contributed by atoms with E-state index in [-0.39, 0.29) is 22.7 Å². The molecule has 1 amide bonds. The number of hydrogen-bond donors (Lipinski definition) is 3. The van der Waals surface area contributed by atoms with Crippen LogP contribution in [-0.4, -0.2) is 49.5 Å². The number of benzene rings is 1. The monoisotopic (exact) mass is 473 g/mol. The Hall–Kier alpha value is -4.25. The lowest BCUT2D eigenvalue weighted by Gasteiger charge is -2.38. The van der Waals surface area contributed by atoms with Crippen LogP contribution in [0, 0.1) is 5.82 Å². The topological polar surface area (TPSA) is 149 Å². The average Bonchev–Trinajstić information content (AvgIpc) is 2.84. The minimum atomic E-state index is -0.568. The number of aromatic nitrogens is 5. The molecule has 0 radical (unpaired) electrons. The van der Waals surface area contributed by atoms with Crippen LogP contribution >= 0.6 is 0 Å². The number of carbonyl (C=O) groups excluding carboxylic acids is 1. The fourth-order valence-electron chi connectivity index (χ4n) is 4.09. The second kappa shape index (κ2) is 8.84. The number of nitrogens with zero attached hydrogens (tertiary/aromatic N) is 6. The quantitative estimate of drug-likeness (QED) is 0.407. The zero-order valence-corrected chi connectivity index (χ0v) is 19.1. The first-order valence-electron chi connectivity index (χ1n) is 11.1. The van der Waals surface area contributed by atoms with Crippen molar-refractivity contribution in [2.24, 2.45) is 5.73 Å². The normalized spacial score (nSPS) is 15.2. The van der Waals surface area contributed by atoms with Gasteiger partial charge in [0.2, 0.25) is 0 Å². The second-order valence-corrected chi connectivity index (χ2v) is 8.84. The van der Waals surface area contributed by atoms with E-state index in [1.54, 1.807) is 12.3 Å². The summed E-state index contributed by atoms with van der Waals surface area (Å²) in [6.07, 6.45) is 5.98. The van der Waals surface area contributed by atoms with E-state index in [2.05, 4.69) is 35.1 Å². The zero-order chi connectivity index (χ0) is 24.6. The lowest BCUT2D eigenvalue weighted by atomic mass is 9.91. The van der Waals surface area contributed by atoms with Gasteiger partial charge in [-0.3, -0.25) is 4.79 Å². The maximum Gasteiger partial charge on any atom is 0.279 e. The van der Waals surface area contributed by atoms with Gasteiger partial charge in [-0.05, 0) is 50.1 Å². The maximum atomic E-state index is 13.9. The molecule has 11 heteroatoms. The third-order valence-electron chi connectivity index (χ3n) is 6.12. The lowest BCUT2D eigenvalue weighted by molar-refractivity contribution is 0.102. The Morgan fingerprint density at radius 1 is 1.14 bits per heavy atom. The van der Waals surface area contributed by atoms with E-state index >= 15 is 0 Å². The SMILES string of the molecule is CC1(N)CCN(c2cccnc2NC(=O)c2nc(-c3ncnc4ccc(F)cc34)cnc2N)CC1. The number of nitrogens with two attached hydrogens (primary N) is 2. The van der Waals surface area contributed by atoms with Crippen LogP contribution in [0.15, 0.2) is 49.1 Å². The van der Waals surface area contributed by atoms with Gasteiger partial charge in [-0.2, -0.15) is 0 Å². The highest BCUT2D eigenvalue weighted by atomic mass is 19.1. The Kier molecular flexibility index (Phi) is 5.69. The number of anilines is 3. The van der Waals surface area contributed by atoms with Crippen molar-refractivity contribution >= 4 is 34.1 Å². The summed E-state index contributed by atoms with van der Waals surface area (Å²) in [6, 6.07) is 7.88. The van der Waals surface area contributed by atoms with Gasteiger partial charge in [0.25, 0.3) is 5.91 Å². The largest absolute Gasteiger partial charge is 0.382 e. The molecular formula is C24H24FN9O. The fourth-order valence-corrected chi connectivity index (χ4v) is 4.09. The number of pyridine rings is 1. The van der Waals surface area contributed by atoms with Crippen LogP contribution in [0.2, 0.25) is 0 Å². The molecule has 5 rings (SSSR count). The van der Waals surface area contributed by atoms with Crippen molar-refractivity contribution < 1.29 is 9.18 Å². The molecular weight excluding hydrogens is 449 g/mol. The molecule has 1 aliphatic rings. The van der Waals surface area contributed by atoms with Gasteiger partial charge in [0.1, 0.15) is 23.5 Å². The summed E-state index contributed by atoms with van der Waals surface area (Å²) < 4.78 is 13.9. The molecule has 4 aromatic rings. The smallest absolute Gasteiger partial charge is 0.279 e. The molecule has 178 valence electrons. The van der Waals surface area contributed by atoms with Crippen LogP contribution in [0.1, 0.15) is 30.3 Å². The summed E-state index contributed by atoms with van der Waals surface area (Å²) in [5.41, 5.74) is 13.9. The van der Waals surface area contributed by atoms with Gasteiger partial charge >= 0.3 is 0 Å². The Morgan fingerprint density at radius 2 is 1.94 bits per heavy atom. The van der Waals surface area contributed by atoms with Gasteiger partial charge in [0.15, 0.2) is 17.3 Å². The minimum Gasteiger partial charge on any atom is -0.382 e. The molecule has 5 N–H and O–H groups in total. The van der Waals surface area contributed by atoms with Gasteiger partial charge in [-0.1, -0.05) is 0 Å². The molecule has 3 aromatic heterocycles. The molecule has 0 aliphatic carbocycles. The molecule has 1 saturated heterocycles. The third-order valence-corrected chi connectivity index (χ3v) is 6.12. The number of fused-ring (bicyclic) bond motifs is 1. The van der Waals surface area contributed by atoms with Crippen molar-refractivity contribution in [3.8, 4) is 11.4 Å². The van der Waals surface area contributed by atoms with Crippen molar-refractivity contribution in [1.82, 2.24) is 24.9 Å². The van der Waals surface area contributed by atoms with E-state index < -0.39 is 11.7 Å². The first kappa shape index (κ1) is 22.5. The summed E-state index contributed by atoms with van der Waals surface area (Å²) >= 11 is 0. The number of rotatable bonds is 4. The summed E-state index contributed by atoms with van der Waals surface area (Å²) in [5, 5.41) is 3.26. The molecule has 0 saturated carbocycles. The summed E-state index contributed by atoms with van der Waals surface area (Å²) in [6.45, 7) is 3.53. The molecule has 0 unspecified atom stereocenters. The van der Waals surface area contributed by atoms with Crippen LogP contribution in [0.3, 0.4) is 0 Å². The van der Waals surface area contributed by atoms with Crippen molar-refractivity contribution in [2.45, 2.75) is 25.3 Å². The number of nitrogens with one attached hydrogen (secondary N) is 1. The molecule has 4 heterocycles. The van der Waals surface area contributed by atoms with Gasteiger partial charge in [0, 0.05) is 30.2 Å². The molecule has 1 fully saturated rings. The average molecular weight is 474 g/mol. The summed E-state index contributed by atoms with van der Waals surface area (Å²) in [4.78, 5) is 36.6. The number of halogens is 1. The van der Waals surface area contributed by atoms with Crippen molar-refractivity contribution in [3.63, 3.8) is 0 Å². The first-order valence-corrected chi connectivity index (χ1v) is 11.1. The van der Waals surface area contributed by atoms with Crippen molar-refractivity contribution in [1.29, 1.82) is 0 Å². The van der Waals surface area contributed by atoms with E-state index in [9.17, 15) is 9.18 Å². The Labute approximate surface area is 200 Å². The highest BCUT2D eigenvalue weighted by Gasteiger charge is 2.28. The highest BCUT2D eigenvalue weighted by Crippen LogP contribution is 2.30. The Balaban J connectivity index is 1.46. The summed E-state index contributed by atoms with van der Waals surface area (Å²) in [7, 11) is 0. The van der Waals surface area contributed by atoms with E-state index in [1.165, 1.54) is 24.7 Å². The number of piperidine rings is 1. The van der Waals surface area contributed by atoms with E-state index in [4.69, 9.17) is 11.5 Å². The van der Waals surface area contributed by atoms with E-state index in [0.717, 1.165) is 31.6 Å².